The Morgan fingerprint density at radius 1 is 0.756 bits per heavy atom. The Hall–Kier alpha value is -3.43. The molecule has 10 nitrogen and oxygen atoms in total. The second-order valence-corrected chi connectivity index (χ2v) is 10.4. The van der Waals surface area contributed by atoms with Gasteiger partial charge >= 0.3 is 0 Å². The van der Waals surface area contributed by atoms with Gasteiger partial charge < -0.3 is 14.7 Å². The maximum atomic E-state index is 10.8. The van der Waals surface area contributed by atoms with Crippen molar-refractivity contribution in [2.24, 2.45) is 25.9 Å². The van der Waals surface area contributed by atoms with Crippen molar-refractivity contribution >= 4 is 23.5 Å². The summed E-state index contributed by atoms with van der Waals surface area (Å²) < 4.78 is 3.37. The number of ketones is 1. The zero-order valence-electron chi connectivity index (χ0n) is 24.7. The topological polar surface area (TPSA) is 105 Å². The number of likely N-dealkylation sites (tertiary alicyclic amines) is 2. The lowest BCUT2D eigenvalue weighted by atomic mass is 10.00. The molecule has 5 rings (SSSR count). The molecule has 1 aliphatic carbocycles. The molecule has 0 aromatic carbocycles. The van der Waals surface area contributed by atoms with E-state index in [1.807, 2.05) is 72.7 Å². The minimum Gasteiger partial charge on any atom is -0.346 e. The summed E-state index contributed by atoms with van der Waals surface area (Å²) in [5.74, 6) is 1.65. The van der Waals surface area contributed by atoms with Crippen LogP contribution in [0.25, 0.3) is 0 Å². The predicted molar refractivity (Wildman–Crippen MR) is 168 cm³/mol. The van der Waals surface area contributed by atoms with E-state index in [-0.39, 0.29) is 45.6 Å². The highest BCUT2D eigenvalue weighted by atomic mass is 16.2. The Bertz CT molecular complexity index is 1120. The van der Waals surface area contributed by atoms with E-state index in [9.17, 15) is 24.0 Å². The first-order valence-electron chi connectivity index (χ1n) is 12.9. The molecule has 0 saturated carbocycles. The number of aryl methyl sites for hydroxylation is 1. The lowest BCUT2D eigenvalue weighted by Crippen LogP contribution is -2.48. The molecule has 0 spiro atoms. The normalized spacial score (nSPS) is 19.8. The fraction of sp³-hybridized carbons (Fsp3) is 0.645. The number of allylic oxidation sites excluding steroid dienone is 2. The van der Waals surface area contributed by atoms with Crippen molar-refractivity contribution in [1.29, 1.82) is 0 Å². The number of β-lactam (4-membered cyclic amide) rings is 1. The molecule has 1 aromatic heterocycles. The maximum Gasteiger partial charge on any atom is 0.266 e. The van der Waals surface area contributed by atoms with Crippen LogP contribution in [0.4, 0.5) is 0 Å². The van der Waals surface area contributed by atoms with Gasteiger partial charge in [-0.15, -0.1) is 0 Å². The van der Waals surface area contributed by atoms with Crippen molar-refractivity contribution in [3.8, 4) is 0 Å². The van der Waals surface area contributed by atoms with Gasteiger partial charge in [-0.05, 0) is 38.3 Å². The second-order valence-electron chi connectivity index (χ2n) is 10.4. The van der Waals surface area contributed by atoms with E-state index in [0.717, 1.165) is 36.4 Å². The summed E-state index contributed by atoms with van der Waals surface area (Å²) >= 11 is 0. The number of hydrogen-bond donors (Lipinski definition) is 0. The van der Waals surface area contributed by atoms with Crippen LogP contribution in [0.3, 0.4) is 0 Å². The zero-order valence-corrected chi connectivity index (χ0v) is 24.7. The van der Waals surface area contributed by atoms with Crippen LogP contribution < -0.4 is 5.56 Å². The Morgan fingerprint density at radius 3 is 1.34 bits per heavy atom. The van der Waals surface area contributed by atoms with Gasteiger partial charge in [0, 0.05) is 85.0 Å². The first-order valence-corrected chi connectivity index (χ1v) is 12.9. The lowest BCUT2D eigenvalue weighted by molar-refractivity contribution is -0.144. The van der Waals surface area contributed by atoms with Crippen molar-refractivity contribution in [1.82, 2.24) is 24.1 Å². The van der Waals surface area contributed by atoms with Crippen LogP contribution >= 0.6 is 0 Å². The number of amides is 3. The third-order valence-electron chi connectivity index (χ3n) is 6.92. The van der Waals surface area contributed by atoms with Crippen LogP contribution in [0.5, 0.6) is 0 Å². The fourth-order valence-electron chi connectivity index (χ4n) is 3.79. The second kappa shape index (κ2) is 18.8. The van der Waals surface area contributed by atoms with Crippen molar-refractivity contribution in [2.45, 2.75) is 76.2 Å². The first-order chi connectivity index (χ1) is 17.6. The smallest absolute Gasteiger partial charge is 0.266 e. The largest absolute Gasteiger partial charge is 0.346 e. The van der Waals surface area contributed by atoms with Gasteiger partial charge in [0.2, 0.25) is 17.7 Å². The Labute approximate surface area is 248 Å². The molecule has 2 fully saturated rings. The Kier molecular flexibility index (Phi) is 19.3. The molecule has 2 saturated heterocycles. The van der Waals surface area contributed by atoms with Gasteiger partial charge in [-0.2, -0.15) is 0 Å². The van der Waals surface area contributed by atoms with Crippen molar-refractivity contribution < 1.29 is 19.2 Å². The van der Waals surface area contributed by atoms with Gasteiger partial charge in [0.05, 0.1) is 5.92 Å². The van der Waals surface area contributed by atoms with Gasteiger partial charge in [0.15, 0.2) is 5.78 Å². The molecule has 2 unspecified atom stereocenters. The zero-order chi connectivity index (χ0) is 29.3. The number of rotatable bonds is 0. The van der Waals surface area contributed by atoms with Gasteiger partial charge in [-0.1, -0.05) is 42.2 Å². The number of hydrogen-bond acceptors (Lipinski definition) is 5. The van der Waals surface area contributed by atoms with E-state index in [0.29, 0.717) is 30.4 Å². The molecule has 236 valence electrons. The van der Waals surface area contributed by atoms with Crippen LogP contribution in [0.1, 0.15) is 74.9 Å². The molecule has 0 bridgehead atoms. The molecule has 10 heteroatoms. The van der Waals surface area contributed by atoms with Crippen molar-refractivity contribution in [3.05, 3.63) is 45.5 Å². The highest BCUT2D eigenvalue weighted by molar-refractivity contribution is 6.01. The summed E-state index contributed by atoms with van der Waals surface area (Å²) in [5, 5.41) is 0. The van der Waals surface area contributed by atoms with E-state index >= 15 is 0 Å². The molecule has 3 aliphatic heterocycles. The molecule has 4 aliphatic rings. The minimum absolute atomic E-state index is 0. The van der Waals surface area contributed by atoms with E-state index in [2.05, 4.69) is 0 Å². The molecule has 1 aromatic rings. The molecule has 2 atom stereocenters. The molecule has 0 N–H and O–H groups in total. The van der Waals surface area contributed by atoms with E-state index in [4.69, 9.17) is 0 Å². The van der Waals surface area contributed by atoms with Crippen LogP contribution in [0.15, 0.2) is 34.3 Å². The standard InChI is InChI=1S/C6H10N2O.C6H9NO.C6H11NO.C5H9NO.C5H6O.3CH4/c1-5-4-6(9)8(3)7(5)2;1-5-3-6(8)7(2)4-5;1-5-3-4-7(2)6(5)8;1-4-3-6(2)5(4)7;1-4-2-3-5(4)6;;;/h4H,1-3H3;4H,3H2,1-2H3;5H,3-4H2,1-2H3;4H,3H2,1-2H3;2H,3H2,1H3;3*1H4. The van der Waals surface area contributed by atoms with Crippen LogP contribution in [0.2, 0.25) is 0 Å². The van der Waals surface area contributed by atoms with Crippen LogP contribution in [-0.2, 0) is 33.3 Å². The quantitative estimate of drug-likeness (QED) is 0.429. The third kappa shape index (κ3) is 12.7. The predicted octanol–water partition coefficient (Wildman–Crippen LogP) is 4.18. The van der Waals surface area contributed by atoms with E-state index < -0.39 is 0 Å². The van der Waals surface area contributed by atoms with Crippen LogP contribution in [0, 0.1) is 18.8 Å². The van der Waals surface area contributed by atoms with Gasteiger partial charge in [0.1, 0.15) is 0 Å². The summed E-state index contributed by atoms with van der Waals surface area (Å²) in [7, 11) is 9.05. The Balaban J connectivity index is -0.000000434. The summed E-state index contributed by atoms with van der Waals surface area (Å²) in [6.07, 6.45) is 6.11. The van der Waals surface area contributed by atoms with Crippen molar-refractivity contribution in [2.75, 3.05) is 34.2 Å². The number of carbonyl (C=O) groups is 4. The van der Waals surface area contributed by atoms with Gasteiger partial charge in [-0.3, -0.25) is 33.3 Å². The first kappa shape index (κ1) is 42.0. The number of nitrogens with zero attached hydrogens (tertiary/aromatic N) is 5. The number of carbonyl (C=O) groups excluding carboxylic acids is 4. The molecule has 4 heterocycles. The summed E-state index contributed by atoms with van der Waals surface area (Å²) in [6.45, 7) is 11.5. The average Bonchev–Trinajstić information content (AvgIpc) is 3.43. The highest BCUT2D eigenvalue weighted by Crippen LogP contribution is 2.14. The summed E-state index contributed by atoms with van der Waals surface area (Å²) in [4.78, 5) is 58.1. The molecule has 3 amide bonds. The van der Waals surface area contributed by atoms with Crippen molar-refractivity contribution in [3.63, 3.8) is 0 Å². The monoisotopic (exact) mass is 579 g/mol. The van der Waals surface area contributed by atoms with E-state index in [1.165, 1.54) is 0 Å². The molecular formula is C31H57N5O5. The third-order valence-corrected chi connectivity index (χ3v) is 6.92. The average molecular weight is 580 g/mol. The maximum absolute atomic E-state index is 10.8. The van der Waals surface area contributed by atoms with Gasteiger partial charge in [0.25, 0.3) is 5.56 Å². The fourth-order valence-corrected chi connectivity index (χ4v) is 3.79. The number of aromatic nitrogens is 2. The SMILES string of the molecule is C.C.C.CC1=CCC1=O.CC1=CN(C)C(=O)C1.CC1CCN(C)C1=O.CC1CN(C)C1=O.Cc1cc(=O)n(C)n1C. The Morgan fingerprint density at radius 2 is 1.27 bits per heavy atom. The number of Topliss-reactive ketones (excluding diaryl/α,β-unsaturated/α-hetero) is 1. The summed E-state index contributed by atoms with van der Waals surface area (Å²) in [5.41, 5.74) is 3.12. The highest BCUT2D eigenvalue weighted by Gasteiger charge is 2.28. The molecule has 0 radical (unpaired) electrons. The lowest BCUT2D eigenvalue weighted by Gasteiger charge is -2.32. The minimum atomic E-state index is 0. The summed E-state index contributed by atoms with van der Waals surface area (Å²) in [6, 6.07) is 1.61. The van der Waals surface area contributed by atoms with E-state index in [1.54, 1.807) is 39.5 Å². The van der Waals surface area contributed by atoms with Crippen LogP contribution in [-0.4, -0.2) is 81.8 Å². The van der Waals surface area contributed by atoms with Gasteiger partial charge in [-0.25, -0.2) is 0 Å². The molecule has 41 heavy (non-hydrogen) atoms. The molecular weight excluding hydrogens is 522 g/mol.